The zero-order valence-corrected chi connectivity index (χ0v) is 8.50. The van der Waals surface area contributed by atoms with Crippen LogP contribution in [0.3, 0.4) is 0 Å². The van der Waals surface area contributed by atoms with Crippen LogP contribution in [0.1, 0.15) is 0 Å². The summed E-state index contributed by atoms with van der Waals surface area (Å²) in [5, 5.41) is 3.75. The minimum Gasteiger partial charge on any atom is -0.466 e. The number of ether oxygens (including phenoxy) is 1. The number of hydrogen-bond donors (Lipinski definition) is 1. The average Bonchev–Trinajstić information content (AvgIpc) is 2.45. The monoisotopic (exact) mass is 215 g/mol. The van der Waals surface area contributed by atoms with E-state index in [2.05, 4.69) is 9.84 Å². The van der Waals surface area contributed by atoms with Crippen LogP contribution < -0.4 is 5.84 Å². The predicted octanol–water partition coefficient (Wildman–Crippen LogP) is -0.522. The molecule has 0 aromatic heterocycles. The largest absolute Gasteiger partial charge is 0.466 e. The number of carbonyl (C=O) groups is 2. The quantitative estimate of drug-likeness (QED) is 0.275. The summed E-state index contributed by atoms with van der Waals surface area (Å²) in [5.74, 6) is 4.15. The van der Waals surface area contributed by atoms with Crippen molar-refractivity contribution in [3.8, 4) is 0 Å². The maximum absolute atomic E-state index is 11.4. The molecule has 1 amide bonds. The molecule has 7 heteroatoms. The second kappa shape index (κ2) is 4.14. The summed E-state index contributed by atoms with van der Waals surface area (Å²) in [5.41, 5.74) is 0. The fraction of sp³-hybridized carbons (Fsp3) is 0.286. The molecular formula is C7H9N3O3S. The number of nitrogens with two attached hydrogens (primary N) is 1. The molecule has 0 bridgehead atoms. The van der Waals surface area contributed by atoms with Crippen molar-refractivity contribution in [2.45, 2.75) is 0 Å². The van der Waals surface area contributed by atoms with Gasteiger partial charge in [0.05, 0.1) is 12.0 Å². The third kappa shape index (κ3) is 1.87. The van der Waals surface area contributed by atoms with E-state index < -0.39 is 5.97 Å². The summed E-state index contributed by atoms with van der Waals surface area (Å²) in [7, 11) is 2.77. The number of hydrogen-bond acceptors (Lipinski definition) is 6. The van der Waals surface area contributed by atoms with Crippen molar-refractivity contribution >= 4 is 28.8 Å². The van der Waals surface area contributed by atoms with E-state index in [1.165, 1.54) is 19.1 Å². The molecule has 6 nitrogen and oxygen atoms in total. The fourth-order valence-electron chi connectivity index (χ4n) is 0.833. The van der Waals surface area contributed by atoms with Crippen molar-refractivity contribution in [3.05, 3.63) is 11.0 Å². The van der Waals surface area contributed by atoms with E-state index >= 15 is 0 Å². The van der Waals surface area contributed by atoms with E-state index in [1.807, 2.05) is 0 Å². The highest BCUT2D eigenvalue weighted by molar-refractivity contribution is 8.18. The Kier molecular flexibility index (Phi) is 3.13. The van der Waals surface area contributed by atoms with E-state index in [-0.39, 0.29) is 10.8 Å². The van der Waals surface area contributed by atoms with Crippen LogP contribution in [0.5, 0.6) is 0 Å². The molecule has 0 spiro atoms. The van der Waals surface area contributed by atoms with Crippen molar-refractivity contribution in [2.24, 2.45) is 10.9 Å². The van der Waals surface area contributed by atoms with Crippen molar-refractivity contribution in [2.75, 3.05) is 14.2 Å². The zero-order valence-electron chi connectivity index (χ0n) is 7.68. The van der Waals surface area contributed by atoms with Crippen LogP contribution in [-0.4, -0.2) is 36.1 Å². The minimum absolute atomic E-state index is 0.253. The Hall–Kier alpha value is -1.50. The van der Waals surface area contributed by atoms with Crippen LogP contribution in [0.2, 0.25) is 0 Å². The Labute approximate surface area is 84.8 Å². The second-order valence-corrected chi connectivity index (χ2v) is 3.42. The van der Waals surface area contributed by atoms with E-state index in [9.17, 15) is 9.59 Å². The van der Waals surface area contributed by atoms with Gasteiger partial charge in [-0.25, -0.2) is 4.79 Å². The molecule has 1 saturated heterocycles. The number of likely N-dealkylation sites (N-methyl/N-ethyl adjacent to an activating group) is 1. The standard InChI is InChI=1S/C7H9N3O3S/c1-10-6(12)4(3-5(11)13-2)14-7(10)9-8/h3H,8H2,1-2H3/b4-3-,9-7+. The second-order valence-electron chi connectivity index (χ2n) is 2.41. The lowest BCUT2D eigenvalue weighted by atomic mass is 10.4. The van der Waals surface area contributed by atoms with Crippen molar-refractivity contribution < 1.29 is 14.3 Å². The summed E-state index contributed by atoms with van der Waals surface area (Å²) < 4.78 is 4.39. The minimum atomic E-state index is -0.576. The van der Waals surface area contributed by atoms with Crippen LogP contribution in [0.4, 0.5) is 0 Å². The molecule has 14 heavy (non-hydrogen) atoms. The van der Waals surface area contributed by atoms with Crippen molar-refractivity contribution in [1.29, 1.82) is 0 Å². The number of amidine groups is 1. The highest BCUT2D eigenvalue weighted by Gasteiger charge is 2.30. The molecule has 1 heterocycles. The number of thioether (sulfide) groups is 1. The highest BCUT2D eigenvalue weighted by Crippen LogP contribution is 2.28. The van der Waals surface area contributed by atoms with Crippen LogP contribution in [0.25, 0.3) is 0 Å². The molecule has 2 N–H and O–H groups in total. The third-order valence-corrected chi connectivity index (χ3v) is 2.64. The van der Waals surface area contributed by atoms with Gasteiger partial charge in [-0.15, -0.1) is 0 Å². The van der Waals surface area contributed by atoms with Crippen molar-refractivity contribution in [3.63, 3.8) is 0 Å². The van der Waals surface area contributed by atoms with Gasteiger partial charge in [0.2, 0.25) is 0 Å². The molecule has 0 saturated carbocycles. The smallest absolute Gasteiger partial charge is 0.331 e. The normalized spacial score (nSPS) is 22.1. The first-order valence-corrected chi connectivity index (χ1v) is 4.45. The van der Waals surface area contributed by atoms with Crippen LogP contribution >= 0.6 is 11.8 Å². The molecule has 1 rings (SSSR count). The first kappa shape index (κ1) is 10.6. The summed E-state index contributed by atoms with van der Waals surface area (Å²) >= 11 is 1.03. The van der Waals surface area contributed by atoms with Gasteiger partial charge in [0.25, 0.3) is 5.91 Å². The molecule has 1 fully saturated rings. The van der Waals surface area contributed by atoms with Gasteiger partial charge in [-0.2, -0.15) is 5.10 Å². The third-order valence-electron chi connectivity index (χ3n) is 1.56. The number of methoxy groups -OCH3 is 1. The molecule has 76 valence electrons. The fourth-order valence-corrected chi connectivity index (χ4v) is 1.68. The van der Waals surface area contributed by atoms with Gasteiger partial charge in [-0.3, -0.25) is 9.69 Å². The lowest BCUT2D eigenvalue weighted by molar-refractivity contribution is -0.135. The number of carbonyl (C=O) groups excluding carboxylic acids is 2. The Balaban J connectivity index is 2.91. The topological polar surface area (TPSA) is 85.0 Å². The van der Waals surface area contributed by atoms with Gasteiger partial charge in [0.1, 0.15) is 0 Å². The molecule has 0 atom stereocenters. The number of rotatable bonds is 1. The lowest BCUT2D eigenvalue weighted by Crippen LogP contribution is -2.24. The Morgan fingerprint density at radius 3 is 2.79 bits per heavy atom. The van der Waals surface area contributed by atoms with E-state index in [0.29, 0.717) is 5.17 Å². The highest BCUT2D eigenvalue weighted by atomic mass is 32.2. The maximum atomic E-state index is 11.4. The summed E-state index contributed by atoms with van der Waals surface area (Å²) in [6.07, 6.45) is 1.11. The summed E-state index contributed by atoms with van der Waals surface area (Å²) in [6, 6.07) is 0. The molecule has 1 aliphatic heterocycles. The lowest BCUT2D eigenvalue weighted by Gasteiger charge is -2.04. The number of nitrogens with zero attached hydrogens (tertiary/aromatic N) is 2. The number of esters is 1. The van der Waals surface area contributed by atoms with Crippen LogP contribution in [-0.2, 0) is 14.3 Å². The maximum Gasteiger partial charge on any atom is 0.331 e. The van der Waals surface area contributed by atoms with Gasteiger partial charge in [-0.1, -0.05) is 0 Å². The molecule has 0 aromatic carbocycles. The summed E-state index contributed by atoms with van der Waals surface area (Å²) in [6.45, 7) is 0. The zero-order chi connectivity index (χ0) is 10.7. The molecule has 0 radical (unpaired) electrons. The first-order valence-electron chi connectivity index (χ1n) is 3.63. The first-order chi connectivity index (χ1) is 6.60. The van der Waals surface area contributed by atoms with E-state index in [4.69, 9.17) is 5.84 Å². The number of hydrazone groups is 1. The number of amides is 1. The predicted molar refractivity (Wildman–Crippen MR) is 52.1 cm³/mol. The molecule has 1 aliphatic rings. The Bertz CT molecular complexity index is 337. The van der Waals surface area contributed by atoms with Gasteiger partial charge >= 0.3 is 5.97 Å². The van der Waals surface area contributed by atoms with Gasteiger partial charge in [0, 0.05) is 13.1 Å². The molecule has 0 aliphatic carbocycles. The van der Waals surface area contributed by atoms with Crippen LogP contribution in [0.15, 0.2) is 16.1 Å². The average molecular weight is 215 g/mol. The van der Waals surface area contributed by atoms with Crippen LogP contribution in [0, 0.1) is 0 Å². The summed E-state index contributed by atoms with van der Waals surface area (Å²) in [4.78, 5) is 23.8. The Morgan fingerprint density at radius 1 is 1.71 bits per heavy atom. The SMILES string of the molecule is COC(=O)/C=C1\S/C(=N/N)N(C)C1=O. The van der Waals surface area contributed by atoms with Crippen molar-refractivity contribution in [1.82, 2.24) is 4.90 Å². The van der Waals surface area contributed by atoms with E-state index in [1.54, 1.807) is 0 Å². The molecule has 0 aromatic rings. The van der Waals surface area contributed by atoms with Gasteiger partial charge in [-0.05, 0) is 11.8 Å². The van der Waals surface area contributed by atoms with Gasteiger partial charge in [0.15, 0.2) is 5.17 Å². The molecule has 0 unspecified atom stereocenters. The van der Waals surface area contributed by atoms with E-state index in [0.717, 1.165) is 17.8 Å². The van der Waals surface area contributed by atoms with Gasteiger partial charge < -0.3 is 10.6 Å². The molecular weight excluding hydrogens is 206 g/mol. The Morgan fingerprint density at radius 2 is 2.36 bits per heavy atom.